The van der Waals surface area contributed by atoms with E-state index in [4.69, 9.17) is 9.52 Å². The summed E-state index contributed by atoms with van der Waals surface area (Å²) in [7, 11) is -4.19. The van der Waals surface area contributed by atoms with E-state index in [1.165, 1.54) is 6.07 Å². The highest BCUT2D eigenvalue weighted by atomic mass is 32.2. The number of fused-ring (bicyclic) bond motifs is 1. The molecule has 1 heterocycles. The highest BCUT2D eigenvalue weighted by molar-refractivity contribution is 7.92. The van der Waals surface area contributed by atoms with Gasteiger partial charge in [0.15, 0.2) is 20.5 Å². The maximum absolute atomic E-state index is 11.7. The van der Waals surface area contributed by atoms with Crippen LogP contribution in [-0.2, 0) is 14.6 Å². The van der Waals surface area contributed by atoms with Gasteiger partial charge in [-0.15, -0.1) is 0 Å². The lowest BCUT2D eigenvalue weighted by Crippen LogP contribution is -2.21. The molecule has 6 nitrogen and oxygen atoms in total. The number of sulfone groups is 1. The number of hydrogen-bond donors (Lipinski definition) is 1. The summed E-state index contributed by atoms with van der Waals surface area (Å²) in [5, 5.41) is 8.92. The van der Waals surface area contributed by atoms with E-state index in [0.717, 1.165) is 6.07 Å². The molecule has 2 aromatic rings. The maximum atomic E-state index is 11.7. The zero-order valence-corrected chi connectivity index (χ0v) is 9.81. The summed E-state index contributed by atoms with van der Waals surface area (Å²) < 4.78 is 28.2. The van der Waals surface area contributed by atoms with Gasteiger partial charge in [0.25, 0.3) is 0 Å². The van der Waals surface area contributed by atoms with E-state index in [9.17, 15) is 18.0 Å². The Balaban J connectivity index is 2.69. The summed E-state index contributed by atoms with van der Waals surface area (Å²) in [6.07, 6.45) is 0. The van der Waals surface area contributed by atoms with Crippen molar-refractivity contribution in [1.82, 2.24) is 0 Å². The number of para-hydroxylation sites is 1. The standard InChI is InChI=1S/C11H8O6S/c12-10(13)6-18(15,16)9-5-7-3-1-2-4-8(7)17-11(9)14/h1-5H,6H2,(H,12,13). The zero-order chi connectivity index (χ0) is 13.3. The van der Waals surface area contributed by atoms with E-state index in [2.05, 4.69) is 0 Å². The number of benzene rings is 1. The fraction of sp³-hybridized carbons (Fsp3) is 0.0909. The number of carboxylic acids is 1. The van der Waals surface area contributed by atoms with Crippen LogP contribution in [0.1, 0.15) is 0 Å². The first-order valence-corrected chi connectivity index (χ1v) is 6.53. The molecule has 0 saturated heterocycles. The van der Waals surface area contributed by atoms with Crippen molar-refractivity contribution in [1.29, 1.82) is 0 Å². The Hall–Kier alpha value is -2.15. The Bertz CT molecular complexity index is 771. The maximum Gasteiger partial charge on any atom is 0.355 e. The number of carbonyl (C=O) groups is 1. The first kappa shape index (κ1) is 12.3. The molecular weight excluding hydrogens is 260 g/mol. The third-order valence-electron chi connectivity index (χ3n) is 2.26. The van der Waals surface area contributed by atoms with Crippen molar-refractivity contribution in [3.63, 3.8) is 0 Å². The Morgan fingerprint density at radius 2 is 1.94 bits per heavy atom. The first-order chi connectivity index (χ1) is 8.40. The van der Waals surface area contributed by atoms with Crippen LogP contribution in [0.3, 0.4) is 0 Å². The lowest BCUT2D eigenvalue weighted by Gasteiger charge is -2.01. The molecule has 0 aliphatic rings. The van der Waals surface area contributed by atoms with Crippen molar-refractivity contribution in [3.05, 3.63) is 40.8 Å². The Morgan fingerprint density at radius 1 is 1.28 bits per heavy atom. The van der Waals surface area contributed by atoms with Gasteiger partial charge < -0.3 is 9.52 Å². The average Bonchev–Trinajstić information content (AvgIpc) is 2.26. The van der Waals surface area contributed by atoms with E-state index in [1.807, 2.05) is 0 Å². The molecule has 0 bridgehead atoms. The first-order valence-electron chi connectivity index (χ1n) is 4.87. The number of hydrogen-bond acceptors (Lipinski definition) is 5. The third kappa shape index (κ3) is 2.25. The molecule has 0 aliphatic heterocycles. The number of rotatable bonds is 3. The van der Waals surface area contributed by atoms with Gasteiger partial charge in [0.2, 0.25) is 0 Å². The van der Waals surface area contributed by atoms with Crippen LogP contribution in [0.4, 0.5) is 0 Å². The molecule has 0 amide bonds. The molecule has 0 aliphatic carbocycles. The van der Waals surface area contributed by atoms with E-state index in [1.54, 1.807) is 18.2 Å². The summed E-state index contributed by atoms with van der Waals surface area (Å²) in [4.78, 5) is 21.3. The van der Waals surface area contributed by atoms with Gasteiger partial charge in [0, 0.05) is 5.39 Å². The van der Waals surface area contributed by atoms with Crippen molar-refractivity contribution in [3.8, 4) is 0 Å². The van der Waals surface area contributed by atoms with Gasteiger partial charge in [-0.3, -0.25) is 4.79 Å². The van der Waals surface area contributed by atoms with Crippen LogP contribution in [0.2, 0.25) is 0 Å². The topological polar surface area (TPSA) is 102 Å². The molecule has 0 fully saturated rings. The molecule has 0 saturated carbocycles. The van der Waals surface area contributed by atoms with Crippen LogP contribution >= 0.6 is 0 Å². The Kier molecular flexibility index (Phi) is 2.92. The molecule has 1 N–H and O–H groups in total. The van der Waals surface area contributed by atoms with Crippen LogP contribution in [0.15, 0.2) is 44.4 Å². The highest BCUT2D eigenvalue weighted by Crippen LogP contribution is 2.16. The van der Waals surface area contributed by atoms with Crippen molar-refractivity contribution in [2.75, 3.05) is 5.75 Å². The second-order valence-corrected chi connectivity index (χ2v) is 5.55. The lowest BCUT2D eigenvalue weighted by atomic mass is 10.2. The molecule has 2 rings (SSSR count). The quantitative estimate of drug-likeness (QED) is 0.820. The second-order valence-electron chi connectivity index (χ2n) is 3.59. The minimum Gasteiger partial charge on any atom is -0.480 e. The molecule has 0 unspecified atom stereocenters. The number of carboxylic acid groups (broad SMARTS) is 1. The smallest absolute Gasteiger partial charge is 0.355 e. The van der Waals surface area contributed by atoms with Gasteiger partial charge in [-0.2, -0.15) is 0 Å². The van der Waals surface area contributed by atoms with E-state index in [-0.39, 0.29) is 5.58 Å². The summed E-state index contributed by atoms with van der Waals surface area (Å²) >= 11 is 0. The third-order valence-corrected chi connectivity index (χ3v) is 3.84. The molecule has 1 aromatic carbocycles. The normalized spacial score (nSPS) is 11.6. The number of aliphatic carboxylic acids is 1. The molecule has 94 valence electrons. The Labute approximate surface area is 101 Å². The van der Waals surface area contributed by atoms with E-state index >= 15 is 0 Å². The van der Waals surface area contributed by atoms with Crippen molar-refractivity contribution in [2.24, 2.45) is 0 Å². The Morgan fingerprint density at radius 3 is 2.61 bits per heavy atom. The SMILES string of the molecule is O=C(O)CS(=O)(=O)c1cc2ccccc2oc1=O. The minimum atomic E-state index is -4.19. The lowest BCUT2D eigenvalue weighted by molar-refractivity contribution is -0.134. The predicted molar refractivity (Wildman–Crippen MR) is 62.2 cm³/mol. The van der Waals surface area contributed by atoms with Gasteiger partial charge >= 0.3 is 11.6 Å². The van der Waals surface area contributed by atoms with Crippen molar-refractivity contribution < 1.29 is 22.7 Å². The summed E-state index contributed by atoms with van der Waals surface area (Å²) in [6, 6.07) is 7.49. The summed E-state index contributed by atoms with van der Waals surface area (Å²) in [5.41, 5.74) is -0.813. The van der Waals surface area contributed by atoms with Crippen molar-refractivity contribution in [2.45, 2.75) is 4.90 Å². The van der Waals surface area contributed by atoms with Gasteiger partial charge in [0.05, 0.1) is 0 Å². The second kappa shape index (κ2) is 4.26. The van der Waals surface area contributed by atoms with Crippen molar-refractivity contribution >= 4 is 26.8 Å². The molecule has 0 atom stereocenters. The monoisotopic (exact) mass is 268 g/mol. The van der Waals surface area contributed by atoms with Gasteiger partial charge in [0.1, 0.15) is 5.58 Å². The van der Waals surface area contributed by atoms with E-state index in [0.29, 0.717) is 5.39 Å². The fourth-order valence-electron chi connectivity index (χ4n) is 1.50. The molecule has 7 heteroatoms. The van der Waals surface area contributed by atoms with Crippen LogP contribution in [0.25, 0.3) is 11.0 Å². The van der Waals surface area contributed by atoms with Gasteiger partial charge in [-0.1, -0.05) is 18.2 Å². The van der Waals surface area contributed by atoms with Crippen LogP contribution in [-0.4, -0.2) is 25.2 Å². The average molecular weight is 268 g/mol. The fourth-order valence-corrected chi connectivity index (χ4v) is 2.58. The molecule has 1 aromatic heterocycles. The van der Waals surface area contributed by atoms with Gasteiger partial charge in [-0.05, 0) is 12.1 Å². The molecule has 0 spiro atoms. The predicted octanol–water partition coefficient (Wildman–Crippen LogP) is 0.651. The minimum absolute atomic E-state index is 0.247. The largest absolute Gasteiger partial charge is 0.480 e. The summed E-state index contributed by atoms with van der Waals surface area (Å²) in [5.74, 6) is -2.67. The zero-order valence-electron chi connectivity index (χ0n) is 8.99. The summed E-state index contributed by atoms with van der Waals surface area (Å²) in [6.45, 7) is 0. The van der Waals surface area contributed by atoms with Crippen LogP contribution in [0.5, 0.6) is 0 Å². The van der Waals surface area contributed by atoms with Gasteiger partial charge in [-0.25, -0.2) is 13.2 Å². The molecular formula is C11H8O6S. The van der Waals surface area contributed by atoms with Crippen LogP contribution < -0.4 is 5.63 Å². The molecule has 18 heavy (non-hydrogen) atoms. The van der Waals surface area contributed by atoms with Crippen LogP contribution in [0, 0.1) is 0 Å². The van der Waals surface area contributed by atoms with E-state index < -0.39 is 32.1 Å². The highest BCUT2D eigenvalue weighted by Gasteiger charge is 2.23. The molecule has 0 radical (unpaired) electrons.